The lowest BCUT2D eigenvalue weighted by molar-refractivity contribution is -0.757. The highest BCUT2D eigenvalue weighted by Gasteiger charge is 2.35. The average molecular weight is 476 g/mol. The van der Waals surface area contributed by atoms with Gasteiger partial charge in [-0.25, -0.2) is 4.39 Å². The van der Waals surface area contributed by atoms with Gasteiger partial charge >= 0.3 is 5.97 Å². The molecular weight excluding hydrogens is 445 g/mol. The fourth-order valence-corrected chi connectivity index (χ4v) is 4.26. The molecule has 0 amide bonds. The van der Waals surface area contributed by atoms with Gasteiger partial charge in [-0.1, -0.05) is 31.4 Å². The van der Waals surface area contributed by atoms with Crippen LogP contribution >= 0.6 is 0 Å². The summed E-state index contributed by atoms with van der Waals surface area (Å²) in [7, 11) is 0. The lowest BCUT2D eigenvalue weighted by atomic mass is 9.74. The van der Waals surface area contributed by atoms with Crippen LogP contribution in [0.5, 0.6) is 0 Å². The summed E-state index contributed by atoms with van der Waals surface area (Å²) in [5, 5.41) is 19.2. The Balaban J connectivity index is 2.23. The molecule has 2 rings (SSSR count). The average Bonchev–Trinajstić information content (AvgIpc) is 2.79. The predicted octanol–water partition coefficient (Wildman–Crippen LogP) is 4.96. The number of carbonyl (C=O) groups excluding carboxylic acids is 2. The summed E-state index contributed by atoms with van der Waals surface area (Å²) in [5.74, 6) is -3.47. The Bertz CT molecular complexity index is 1010. The van der Waals surface area contributed by atoms with E-state index in [-0.39, 0.29) is 35.7 Å². The third kappa shape index (κ3) is 6.82. The molecule has 2 atom stereocenters. The number of nitrogens with zero attached hydrogens (tertiary/aromatic N) is 1. The van der Waals surface area contributed by atoms with Crippen LogP contribution in [-0.4, -0.2) is 34.3 Å². The molecule has 1 N–H and O–H groups in total. The first-order chi connectivity index (χ1) is 16.0. The normalized spacial score (nSPS) is 16.0. The first-order valence-electron chi connectivity index (χ1n) is 11.3. The summed E-state index contributed by atoms with van der Waals surface area (Å²) in [5.41, 5.74) is 1.84. The van der Waals surface area contributed by atoms with E-state index in [9.17, 15) is 34.0 Å². The molecule has 8 nitrogen and oxygen atoms in total. The van der Waals surface area contributed by atoms with E-state index in [2.05, 4.69) is 4.84 Å². The molecule has 1 aromatic carbocycles. The van der Waals surface area contributed by atoms with Crippen molar-refractivity contribution in [1.29, 1.82) is 0 Å². The molecule has 1 aliphatic rings. The highest BCUT2D eigenvalue weighted by molar-refractivity contribution is 6.25. The van der Waals surface area contributed by atoms with Crippen molar-refractivity contribution >= 4 is 17.5 Å². The first kappa shape index (κ1) is 26.9. The number of benzene rings is 1. The number of halogens is 1. The number of rotatable bonds is 13. The van der Waals surface area contributed by atoms with Crippen LogP contribution in [0.25, 0.3) is 0 Å². The van der Waals surface area contributed by atoms with Crippen LogP contribution in [-0.2, 0) is 19.2 Å². The molecule has 0 heterocycles. The Morgan fingerprint density at radius 3 is 2.18 bits per heavy atom. The van der Waals surface area contributed by atoms with Gasteiger partial charge in [-0.15, -0.1) is 10.1 Å². The zero-order valence-electron chi connectivity index (χ0n) is 19.6. The molecule has 0 saturated carbocycles. The van der Waals surface area contributed by atoms with E-state index < -0.39 is 28.7 Å². The van der Waals surface area contributed by atoms with Crippen molar-refractivity contribution < 1.29 is 33.8 Å². The minimum atomic E-state index is -1.01. The van der Waals surface area contributed by atoms with Crippen LogP contribution in [0.3, 0.4) is 0 Å². The molecule has 1 aromatic rings. The van der Waals surface area contributed by atoms with E-state index in [1.807, 2.05) is 0 Å². The van der Waals surface area contributed by atoms with Crippen molar-refractivity contribution in [3.63, 3.8) is 0 Å². The highest BCUT2D eigenvalue weighted by Crippen LogP contribution is 2.39. The lowest BCUT2D eigenvalue weighted by Crippen LogP contribution is -2.27. The Morgan fingerprint density at radius 2 is 1.59 bits per heavy atom. The van der Waals surface area contributed by atoms with Crippen LogP contribution in [0.1, 0.15) is 70.8 Å². The number of unbranched alkanes of at least 4 members (excludes halogenated alkanes) is 3. The van der Waals surface area contributed by atoms with E-state index in [0.717, 1.165) is 0 Å². The van der Waals surface area contributed by atoms with Crippen LogP contribution < -0.4 is 0 Å². The Kier molecular flexibility index (Phi) is 9.65. The van der Waals surface area contributed by atoms with Crippen LogP contribution in [0.2, 0.25) is 0 Å². The monoisotopic (exact) mass is 475 g/mol. The number of carboxylic acids is 1. The number of Topliss-reactive ketones (excluding diaryl/α,β-unsaturated/α-hetero) is 2. The van der Waals surface area contributed by atoms with Gasteiger partial charge in [0.25, 0.3) is 5.09 Å². The predicted molar refractivity (Wildman–Crippen MR) is 122 cm³/mol. The van der Waals surface area contributed by atoms with Crippen LogP contribution in [0.4, 0.5) is 4.39 Å². The van der Waals surface area contributed by atoms with Crippen molar-refractivity contribution in [2.75, 3.05) is 6.61 Å². The Labute approximate surface area is 197 Å². The molecule has 0 aliphatic heterocycles. The van der Waals surface area contributed by atoms with Crippen molar-refractivity contribution in [2.24, 2.45) is 5.92 Å². The second-order valence-corrected chi connectivity index (χ2v) is 8.58. The molecule has 9 heteroatoms. The van der Waals surface area contributed by atoms with E-state index >= 15 is 0 Å². The number of carboxylic acid groups (broad SMARTS) is 1. The van der Waals surface area contributed by atoms with Crippen molar-refractivity contribution in [3.8, 4) is 0 Å². The Morgan fingerprint density at radius 1 is 1.00 bits per heavy atom. The van der Waals surface area contributed by atoms with Gasteiger partial charge in [-0.3, -0.25) is 14.4 Å². The first-order valence-corrected chi connectivity index (χ1v) is 11.3. The molecule has 0 spiro atoms. The number of hydrogen-bond acceptors (Lipinski definition) is 6. The summed E-state index contributed by atoms with van der Waals surface area (Å²) in [6, 6.07) is 5.55. The zero-order chi connectivity index (χ0) is 25.4. The van der Waals surface area contributed by atoms with Gasteiger partial charge in [-0.05, 0) is 57.7 Å². The standard InChI is InChI=1S/C25H30FNO7/c1-15-16(2)24(29)22(17(3)23(15)28)21(18-9-11-20(26)12-10-18)14-19(25(30)31)8-6-4-5-7-13-34-27(32)33/h9-12,19,21H,4-8,13-14H2,1-3H3,(H,30,31). The molecule has 0 radical (unpaired) electrons. The van der Waals surface area contributed by atoms with Crippen LogP contribution in [0.15, 0.2) is 46.6 Å². The fraction of sp³-hybridized carbons (Fsp3) is 0.480. The van der Waals surface area contributed by atoms with E-state index in [4.69, 9.17) is 0 Å². The van der Waals surface area contributed by atoms with Gasteiger partial charge in [0.15, 0.2) is 11.6 Å². The number of allylic oxidation sites excluding steroid dienone is 4. The van der Waals surface area contributed by atoms with E-state index in [0.29, 0.717) is 48.8 Å². The quantitative estimate of drug-likeness (QED) is 0.185. The van der Waals surface area contributed by atoms with Crippen molar-refractivity contribution in [2.45, 2.75) is 65.2 Å². The maximum Gasteiger partial charge on any atom is 0.306 e. The number of carbonyl (C=O) groups is 3. The largest absolute Gasteiger partial charge is 0.481 e. The van der Waals surface area contributed by atoms with Gasteiger partial charge in [0, 0.05) is 28.2 Å². The fourth-order valence-electron chi connectivity index (χ4n) is 4.26. The number of ketones is 2. The molecule has 0 saturated heterocycles. The summed E-state index contributed by atoms with van der Waals surface area (Å²) in [6.45, 7) is 4.75. The number of aliphatic carboxylic acids is 1. The van der Waals surface area contributed by atoms with Crippen molar-refractivity contribution in [1.82, 2.24) is 0 Å². The van der Waals surface area contributed by atoms with E-state index in [1.165, 1.54) is 24.3 Å². The van der Waals surface area contributed by atoms with Gasteiger partial charge < -0.3 is 9.94 Å². The molecule has 0 fully saturated rings. The third-order valence-electron chi connectivity index (χ3n) is 6.37. The third-order valence-corrected chi connectivity index (χ3v) is 6.37. The summed E-state index contributed by atoms with van der Waals surface area (Å²) in [6.07, 6.45) is 2.82. The molecule has 2 unspecified atom stereocenters. The maximum atomic E-state index is 13.6. The second kappa shape index (κ2) is 12.2. The highest BCUT2D eigenvalue weighted by atomic mass is 19.1. The SMILES string of the molecule is CC1=C(C)C(=O)C(C(CC(CCCCCCO[N+](=O)[O-])C(=O)O)c2ccc(F)cc2)=C(C)C1=O. The van der Waals surface area contributed by atoms with Gasteiger partial charge in [0.2, 0.25) is 0 Å². The summed E-state index contributed by atoms with van der Waals surface area (Å²) >= 11 is 0. The maximum absolute atomic E-state index is 13.6. The lowest BCUT2D eigenvalue weighted by Gasteiger charge is -2.28. The molecule has 184 valence electrons. The van der Waals surface area contributed by atoms with Gasteiger partial charge in [-0.2, -0.15) is 0 Å². The number of hydrogen-bond donors (Lipinski definition) is 1. The van der Waals surface area contributed by atoms with Gasteiger partial charge in [0.05, 0.1) is 12.5 Å². The summed E-state index contributed by atoms with van der Waals surface area (Å²) < 4.78 is 13.6. The molecule has 0 bridgehead atoms. The van der Waals surface area contributed by atoms with E-state index in [1.54, 1.807) is 20.8 Å². The topological polar surface area (TPSA) is 124 Å². The smallest absolute Gasteiger partial charge is 0.306 e. The van der Waals surface area contributed by atoms with Crippen molar-refractivity contribution in [3.05, 3.63) is 68.1 Å². The zero-order valence-corrected chi connectivity index (χ0v) is 19.6. The second-order valence-electron chi connectivity index (χ2n) is 8.58. The summed E-state index contributed by atoms with van der Waals surface area (Å²) in [4.78, 5) is 52.4. The molecule has 1 aliphatic carbocycles. The molecule has 0 aromatic heterocycles. The minimum Gasteiger partial charge on any atom is -0.481 e. The minimum absolute atomic E-state index is 0.00213. The van der Waals surface area contributed by atoms with Gasteiger partial charge in [0.1, 0.15) is 5.82 Å². The Hall–Kier alpha value is -3.36. The molecular formula is C25H30FNO7. The molecule has 34 heavy (non-hydrogen) atoms. The van der Waals surface area contributed by atoms with Crippen LogP contribution in [0, 0.1) is 21.8 Å².